The van der Waals surface area contributed by atoms with E-state index in [-0.39, 0.29) is 23.2 Å². The van der Waals surface area contributed by atoms with E-state index in [0.29, 0.717) is 53.4 Å². The number of rotatable bonds is 11. The van der Waals surface area contributed by atoms with Crippen LogP contribution in [0.1, 0.15) is 37.0 Å². The van der Waals surface area contributed by atoms with Crippen LogP contribution in [-0.2, 0) is 16.6 Å². The first-order valence-electron chi connectivity index (χ1n) is 11.8. The number of hydrogen-bond acceptors (Lipinski definition) is 6. The summed E-state index contributed by atoms with van der Waals surface area (Å²) in [5, 5.41) is 4.63. The van der Waals surface area contributed by atoms with Gasteiger partial charge in [0.05, 0.1) is 21.7 Å². The van der Waals surface area contributed by atoms with Crippen molar-refractivity contribution in [2.45, 2.75) is 38.1 Å². The lowest BCUT2D eigenvalue weighted by molar-refractivity contribution is 0.0985. The molecule has 0 saturated carbocycles. The molecule has 0 spiro atoms. The summed E-state index contributed by atoms with van der Waals surface area (Å²) in [6, 6.07) is 12.1. The Morgan fingerprint density at radius 2 is 1.78 bits per heavy atom. The van der Waals surface area contributed by atoms with Crippen molar-refractivity contribution >= 4 is 42.6 Å². The van der Waals surface area contributed by atoms with Gasteiger partial charge in [0.1, 0.15) is 5.82 Å². The standard InChI is InChI=1S/C25H28FN5O3S2/c1-3-13-30(14-4-2)36(33,34)21-9-6-19(7-10-21)24(32)31(17-16-29-15-5-12-27-29)25-28-22-11-8-20(26)18-23(22)35-25/h5-12,15,18H,3-4,13-14,16-17H2,1-2H3. The normalized spacial score (nSPS) is 11.9. The highest BCUT2D eigenvalue weighted by Gasteiger charge is 2.25. The maximum atomic E-state index is 13.7. The number of aromatic nitrogens is 3. The molecule has 1 amide bonds. The van der Waals surface area contributed by atoms with Crippen LogP contribution in [-0.4, -0.2) is 53.0 Å². The fraction of sp³-hybridized carbons (Fsp3) is 0.320. The van der Waals surface area contributed by atoms with Gasteiger partial charge in [0.15, 0.2) is 5.13 Å². The molecule has 8 nitrogen and oxygen atoms in total. The molecule has 0 aliphatic heterocycles. The van der Waals surface area contributed by atoms with Gasteiger partial charge in [-0.2, -0.15) is 9.40 Å². The summed E-state index contributed by atoms with van der Waals surface area (Å²) in [4.78, 5) is 19.8. The van der Waals surface area contributed by atoms with Crippen LogP contribution >= 0.6 is 11.3 Å². The SMILES string of the molecule is CCCN(CCC)S(=O)(=O)c1ccc(C(=O)N(CCn2cccn2)c2nc3ccc(F)cc3s2)cc1. The third-order valence-corrected chi connectivity index (χ3v) is 8.57. The Hall–Kier alpha value is -3.15. The van der Waals surface area contributed by atoms with E-state index in [9.17, 15) is 17.6 Å². The molecule has 0 unspecified atom stereocenters. The molecule has 0 atom stereocenters. The average Bonchev–Trinajstić information content (AvgIpc) is 3.53. The number of nitrogens with zero attached hydrogens (tertiary/aromatic N) is 5. The number of halogens is 1. The summed E-state index contributed by atoms with van der Waals surface area (Å²) in [7, 11) is -3.65. The van der Waals surface area contributed by atoms with Gasteiger partial charge >= 0.3 is 0 Å². The summed E-state index contributed by atoms with van der Waals surface area (Å²) in [6.45, 7) is 5.47. The molecule has 190 valence electrons. The second-order valence-electron chi connectivity index (χ2n) is 8.26. The highest BCUT2D eigenvalue weighted by molar-refractivity contribution is 7.89. The molecule has 0 N–H and O–H groups in total. The molecule has 0 aliphatic carbocycles. The van der Waals surface area contributed by atoms with Crippen molar-refractivity contribution in [1.82, 2.24) is 19.1 Å². The molecule has 0 radical (unpaired) electrons. The van der Waals surface area contributed by atoms with Crippen molar-refractivity contribution in [2.75, 3.05) is 24.5 Å². The first kappa shape index (κ1) is 25.9. The molecule has 0 aliphatic rings. The van der Waals surface area contributed by atoms with E-state index < -0.39 is 10.0 Å². The third-order valence-electron chi connectivity index (χ3n) is 5.61. The Bertz CT molecular complexity index is 1410. The lowest BCUT2D eigenvalue weighted by Gasteiger charge is -2.22. The lowest BCUT2D eigenvalue weighted by atomic mass is 10.2. The predicted molar refractivity (Wildman–Crippen MR) is 139 cm³/mol. The average molecular weight is 530 g/mol. The van der Waals surface area contributed by atoms with Gasteiger partial charge in [-0.1, -0.05) is 25.2 Å². The van der Waals surface area contributed by atoms with Crippen LogP contribution in [0, 0.1) is 5.82 Å². The number of amides is 1. The minimum atomic E-state index is -3.65. The maximum Gasteiger partial charge on any atom is 0.260 e. The fourth-order valence-electron chi connectivity index (χ4n) is 3.85. The number of thiazole rings is 1. The molecule has 36 heavy (non-hydrogen) atoms. The van der Waals surface area contributed by atoms with E-state index in [0.717, 1.165) is 0 Å². The van der Waals surface area contributed by atoms with Crippen molar-refractivity contribution in [3.63, 3.8) is 0 Å². The van der Waals surface area contributed by atoms with Crippen molar-refractivity contribution in [2.24, 2.45) is 0 Å². The topological polar surface area (TPSA) is 88.4 Å². The molecule has 2 heterocycles. The van der Waals surface area contributed by atoms with Crippen LogP contribution < -0.4 is 4.90 Å². The van der Waals surface area contributed by atoms with Crippen LogP contribution in [0.2, 0.25) is 0 Å². The van der Waals surface area contributed by atoms with Crippen molar-refractivity contribution in [3.8, 4) is 0 Å². The Kier molecular flexibility index (Phi) is 8.12. The summed E-state index contributed by atoms with van der Waals surface area (Å²) in [6.07, 6.45) is 4.89. The van der Waals surface area contributed by atoms with Gasteiger partial charge in [-0.25, -0.2) is 17.8 Å². The highest BCUT2D eigenvalue weighted by Crippen LogP contribution is 2.30. The molecular weight excluding hydrogens is 501 g/mol. The Morgan fingerprint density at radius 1 is 1.06 bits per heavy atom. The number of carbonyl (C=O) groups excluding carboxylic acids is 1. The number of carbonyl (C=O) groups is 1. The van der Waals surface area contributed by atoms with Crippen LogP contribution in [0.25, 0.3) is 10.2 Å². The largest absolute Gasteiger partial charge is 0.282 e. The van der Waals surface area contributed by atoms with Crippen molar-refractivity contribution in [1.29, 1.82) is 0 Å². The van der Waals surface area contributed by atoms with Crippen LogP contribution in [0.4, 0.5) is 9.52 Å². The number of benzene rings is 2. The van der Waals surface area contributed by atoms with Crippen molar-refractivity contribution in [3.05, 3.63) is 72.3 Å². The zero-order valence-corrected chi connectivity index (χ0v) is 21.8. The minimum absolute atomic E-state index is 0.152. The molecule has 11 heteroatoms. The Balaban J connectivity index is 1.63. The van der Waals surface area contributed by atoms with Gasteiger partial charge in [-0.15, -0.1) is 0 Å². The summed E-state index contributed by atoms with van der Waals surface area (Å²) in [5.41, 5.74) is 0.930. The first-order chi connectivity index (χ1) is 17.3. The molecular formula is C25H28FN5O3S2. The Morgan fingerprint density at radius 3 is 2.42 bits per heavy atom. The monoisotopic (exact) mass is 529 g/mol. The predicted octanol–water partition coefficient (Wildman–Crippen LogP) is 4.79. The smallest absolute Gasteiger partial charge is 0.260 e. The zero-order chi connectivity index (χ0) is 25.7. The molecule has 0 bridgehead atoms. The number of hydrogen-bond donors (Lipinski definition) is 0. The van der Waals surface area contributed by atoms with Gasteiger partial charge in [0.2, 0.25) is 10.0 Å². The summed E-state index contributed by atoms with van der Waals surface area (Å²) < 4.78 is 43.7. The van der Waals surface area contributed by atoms with Gasteiger partial charge in [0, 0.05) is 37.6 Å². The first-order valence-corrected chi connectivity index (χ1v) is 14.0. The second-order valence-corrected chi connectivity index (χ2v) is 11.2. The Labute approximate surface area is 214 Å². The molecule has 4 aromatic rings. The third kappa shape index (κ3) is 5.63. The minimum Gasteiger partial charge on any atom is -0.282 e. The summed E-state index contributed by atoms with van der Waals surface area (Å²) >= 11 is 1.22. The van der Waals surface area contributed by atoms with Gasteiger partial charge < -0.3 is 0 Å². The van der Waals surface area contributed by atoms with Gasteiger partial charge in [-0.3, -0.25) is 14.4 Å². The molecule has 2 aromatic heterocycles. The number of fused-ring (bicyclic) bond motifs is 1. The quantitative estimate of drug-likeness (QED) is 0.279. The molecule has 0 saturated heterocycles. The number of anilines is 1. The van der Waals surface area contributed by atoms with E-state index >= 15 is 0 Å². The van der Waals surface area contributed by atoms with Gasteiger partial charge in [0.25, 0.3) is 5.91 Å². The molecule has 2 aromatic carbocycles. The van der Waals surface area contributed by atoms with Gasteiger partial charge in [-0.05, 0) is 61.4 Å². The van der Waals surface area contributed by atoms with E-state index in [1.165, 1.54) is 56.9 Å². The van der Waals surface area contributed by atoms with Crippen LogP contribution in [0.15, 0.2) is 65.8 Å². The number of sulfonamides is 1. The zero-order valence-electron chi connectivity index (χ0n) is 20.2. The lowest BCUT2D eigenvalue weighted by Crippen LogP contribution is -2.34. The molecule has 0 fully saturated rings. The van der Waals surface area contributed by atoms with E-state index in [1.807, 2.05) is 13.8 Å². The second kappa shape index (κ2) is 11.3. The molecule has 4 rings (SSSR count). The maximum absolute atomic E-state index is 13.7. The fourth-order valence-corrected chi connectivity index (χ4v) is 6.49. The summed E-state index contributed by atoms with van der Waals surface area (Å²) in [5.74, 6) is -0.700. The van der Waals surface area contributed by atoms with E-state index in [2.05, 4.69) is 10.1 Å². The van der Waals surface area contributed by atoms with Crippen molar-refractivity contribution < 1.29 is 17.6 Å². The van der Waals surface area contributed by atoms with Crippen LogP contribution in [0.5, 0.6) is 0 Å². The van der Waals surface area contributed by atoms with Crippen LogP contribution in [0.3, 0.4) is 0 Å². The van der Waals surface area contributed by atoms with E-state index in [1.54, 1.807) is 29.2 Å². The van der Waals surface area contributed by atoms with E-state index in [4.69, 9.17) is 0 Å². The highest BCUT2D eigenvalue weighted by atomic mass is 32.2.